The second-order valence-corrected chi connectivity index (χ2v) is 5.24. The fraction of sp³-hybridized carbons (Fsp3) is 0.125. The van der Waals surface area contributed by atoms with Crippen molar-refractivity contribution in [3.63, 3.8) is 0 Å². The molecule has 5 heteroatoms. The van der Waals surface area contributed by atoms with Gasteiger partial charge in [-0.1, -0.05) is 23.7 Å². The van der Waals surface area contributed by atoms with Crippen molar-refractivity contribution in [3.05, 3.63) is 64.4 Å². The normalized spacial score (nSPS) is 11.0. The molecule has 3 aromatic rings. The van der Waals surface area contributed by atoms with Crippen LogP contribution in [0.4, 0.5) is 0 Å². The first-order valence-corrected chi connectivity index (χ1v) is 6.90. The highest BCUT2D eigenvalue weighted by molar-refractivity contribution is 6.30. The number of carbonyl (C=O) groups is 1. The van der Waals surface area contributed by atoms with Crippen molar-refractivity contribution in [2.24, 2.45) is 0 Å². The number of halogens is 1. The number of nitrogens with zero attached hydrogens (tertiary/aromatic N) is 1. The number of ketones is 1. The number of aliphatic hydroxyl groups is 1. The van der Waals surface area contributed by atoms with E-state index in [2.05, 4.69) is 9.97 Å². The van der Waals surface area contributed by atoms with Crippen LogP contribution in [0.2, 0.25) is 5.02 Å². The molecule has 1 aromatic heterocycles. The van der Waals surface area contributed by atoms with Crippen molar-refractivity contribution in [1.82, 2.24) is 9.97 Å². The van der Waals surface area contributed by atoms with E-state index in [4.69, 9.17) is 16.7 Å². The molecule has 0 bridgehead atoms. The minimum Gasteiger partial charge on any atom is -0.388 e. The Bertz CT molecular complexity index is 794. The summed E-state index contributed by atoms with van der Waals surface area (Å²) in [5, 5.41) is 9.60. The van der Waals surface area contributed by atoms with E-state index in [1.54, 1.807) is 18.2 Å². The zero-order valence-electron chi connectivity index (χ0n) is 11.1. The monoisotopic (exact) mass is 300 g/mol. The van der Waals surface area contributed by atoms with Crippen LogP contribution in [0.15, 0.2) is 42.5 Å². The summed E-state index contributed by atoms with van der Waals surface area (Å²) in [6.45, 7) is -0.489. The Hall–Kier alpha value is -2.17. The van der Waals surface area contributed by atoms with Crippen LogP contribution in [0.1, 0.15) is 21.7 Å². The quantitative estimate of drug-likeness (QED) is 0.728. The van der Waals surface area contributed by atoms with Gasteiger partial charge in [0.2, 0.25) is 0 Å². The Morgan fingerprint density at radius 3 is 2.67 bits per heavy atom. The SMILES string of the molecule is O=C(CO)c1ccc2nc(Cc3ccc(Cl)cc3)[nH]c2c1. The molecule has 0 aliphatic rings. The highest BCUT2D eigenvalue weighted by Gasteiger charge is 2.08. The van der Waals surface area contributed by atoms with Gasteiger partial charge in [-0.05, 0) is 35.9 Å². The third kappa shape index (κ3) is 2.96. The smallest absolute Gasteiger partial charge is 0.188 e. The maximum absolute atomic E-state index is 11.5. The van der Waals surface area contributed by atoms with E-state index < -0.39 is 6.61 Å². The summed E-state index contributed by atoms with van der Waals surface area (Å²) >= 11 is 5.86. The molecule has 0 amide bonds. The number of aromatic amines is 1. The summed E-state index contributed by atoms with van der Waals surface area (Å²) in [6, 6.07) is 12.8. The Morgan fingerprint density at radius 2 is 1.95 bits per heavy atom. The molecule has 0 spiro atoms. The molecule has 0 unspecified atom stereocenters. The van der Waals surface area contributed by atoms with E-state index in [9.17, 15) is 4.79 Å². The third-order valence-electron chi connectivity index (χ3n) is 3.28. The number of rotatable bonds is 4. The fourth-order valence-corrected chi connectivity index (χ4v) is 2.33. The van der Waals surface area contributed by atoms with Gasteiger partial charge in [0.05, 0.1) is 11.0 Å². The molecule has 2 N–H and O–H groups in total. The highest BCUT2D eigenvalue weighted by atomic mass is 35.5. The number of fused-ring (bicyclic) bond motifs is 1. The Balaban J connectivity index is 1.90. The number of nitrogens with one attached hydrogen (secondary N) is 1. The number of hydrogen-bond acceptors (Lipinski definition) is 3. The molecule has 106 valence electrons. The van der Waals surface area contributed by atoms with Gasteiger partial charge in [0.25, 0.3) is 0 Å². The van der Waals surface area contributed by atoms with Crippen LogP contribution >= 0.6 is 11.6 Å². The fourth-order valence-electron chi connectivity index (χ4n) is 2.21. The molecule has 0 atom stereocenters. The summed E-state index contributed by atoms with van der Waals surface area (Å²) in [5.74, 6) is 0.520. The molecule has 2 aromatic carbocycles. The molecule has 0 saturated heterocycles. The summed E-state index contributed by atoms with van der Waals surface area (Å²) in [5.41, 5.74) is 3.17. The number of Topliss-reactive ketones (excluding diaryl/α,β-unsaturated/α-hetero) is 1. The van der Waals surface area contributed by atoms with E-state index in [0.29, 0.717) is 17.0 Å². The van der Waals surface area contributed by atoms with E-state index in [-0.39, 0.29) is 5.78 Å². The molecule has 3 rings (SSSR count). The van der Waals surface area contributed by atoms with Gasteiger partial charge in [-0.2, -0.15) is 0 Å². The average Bonchev–Trinajstić information content (AvgIpc) is 2.90. The van der Waals surface area contributed by atoms with Crippen LogP contribution in [0.5, 0.6) is 0 Å². The van der Waals surface area contributed by atoms with Gasteiger partial charge < -0.3 is 10.1 Å². The topological polar surface area (TPSA) is 66.0 Å². The van der Waals surface area contributed by atoms with Crippen LogP contribution in [0, 0.1) is 0 Å². The van der Waals surface area contributed by atoms with Crippen molar-refractivity contribution < 1.29 is 9.90 Å². The van der Waals surface area contributed by atoms with E-state index >= 15 is 0 Å². The van der Waals surface area contributed by atoms with Gasteiger partial charge in [0, 0.05) is 17.0 Å². The first kappa shape index (κ1) is 13.8. The summed E-state index contributed by atoms with van der Waals surface area (Å²) in [4.78, 5) is 19.2. The first-order valence-electron chi connectivity index (χ1n) is 6.53. The van der Waals surface area contributed by atoms with Gasteiger partial charge in [-0.3, -0.25) is 4.79 Å². The predicted octanol–water partition coefficient (Wildman–Crippen LogP) is 2.98. The number of carbonyl (C=O) groups excluding carboxylic acids is 1. The molecule has 0 radical (unpaired) electrons. The van der Waals surface area contributed by atoms with E-state index in [1.165, 1.54) is 0 Å². The largest absolute Gasteiger partial charge is 0.388 e. The lowest BCUT2D eigenvalue weighted by molar-refractivity contribution is 0.0904. The lowest BCUT2D eigenvalue weighted by Gasteiger charge is -1.98. The average molecular weight is 301 g/mol. The molecular formula is C16H13ClN2O2. The first-order chi connectivity index (χ1) is 10.2. The van der Waals surface area contributed by atoms with Gasteiger partial charge >= 0.3 is 0 Å². The number of aliphatic hydroxyl groups excluding tert-OH is 1. The van der Waals surface area contributed by atoms with Crippen LogP contribution in [0.3, 0.4) is 0 Å². The van der Waals surface area contributed by atoms with Crippen molar-refractivity contribution in [3.8, 4) is 0 Å². The molecule has 0 saturated carbocycles. The Morgan fingerprint density at radius 1 is 1.19 bits per heavy atom. The van der Waals surface area contributed by atoms with Crippen LogP contribution in [-0.4, -0.2) is 27.5 Å². The van der Waals surface area contributed by atoms with Crippen LogP contribution in [0.25, 0.3) is 11.0 Å². The summed E-state index contributed by atoms with van der Waals surface area (Å²) in [6.07, 6.45) is 0.662. The van der Waals surface area contributed by atoms with Gasteiger partial charge in [-0.25, -0.2) is 4.98 Å². The van der Waals surface area contributed by atoms with Crippen LogP contribution < -0.4 is 0 Å². The number of aromatic nitrogens is 2. The van der Waals surface area contributed by atoms with Crippen molar-refractivity contribution in [2.75, 3.05) is 6.61 Å². The van der Waals surface area contributed by atoms with Crippen molar-refractivity contribution >= 4 is 28.4 Å². The number of H-pyrrole nitrogens is 1. The molecule has 4 nitrogen and oxygen atoms in total. The molecule has 0 fully saturated rings. The van der Waals surface area contributed by atoms with E-state index in [1.807, 2.05) is 24.3 Å². The maximum Gasteiger partial charge on any atom is 0.188 e. The summed E-state index contributed by atoms with van der Waals surface area (Å²) in [7, 11) is 0. The lowest BCUT2D eigenvalue weighted by atomic mass is 10.1. The van der Waals surface area contributed by atoms with Gasteiger partial charge in [0.1, 0.15) is 12.4 Å². The molecule has 1 heterocycles. The van der Waals surface area contributed by atoms with E-state index in [0.717, 1.165) is 22.4 Å². The second-order valence-electron chi connectivity index (χ2n) is 4.80. The van der Waals surface area contributed by atoms with Crippen LogP contribution in [-0.2, 0) is 6.42 Å². The van der Waals surface area contributed by atoms with Crippen molar-refractivity contribution in [2.45, 2.75) is 6.42 Å². The minimum absolute atomic E-state index is 0.300. The number of imidazole rings is 1. The number of benzene rings is 2. The standard InChI is InChI=1S/C16H13ClN2O2/c17-12-4-1-10(2-5-12)7-16-18-13-6-3-11(15(21)9-20)8-14(13)19-16/h1-6,8,20H,7,9H2,(H,18,19). The third-order valence-corrected chi connectivity index (χ3v) is 3.53. The molecule has 21 heavy (non-hydrogen) atoms. The lowest BCUT2D eigenvalue weighted by Crippen LogP contribution is -2.03. The Kier molecular flexibility index (Phi) is 3.73. The predicted molar refractivity (Wildman–Crippen MR) is 81.8 cm³/mol. The maximum atomic E-state index is 11.5. The van der Waals surface area contributed by atoms with Crippen molar-refractivity contribution in [1.29, 1.82) is 0 Å². The Labute approximate surface area is 126 Å². The molecule has 0 aliphatic heterocycles. The minimum atomic E-state index is -0.489. The molecular weight excluding hydrogens is 288 g/mol. The zero-order chi connectivity index (χ0) is 14.8. The van der Waals surface area contributed by atoms with Gasteiger partial charge in [-0.15, -0.1) is 0 Å². The highest BCUT2D eigenvalue weighted by Crippen LogP contribution is 2.17. The molecule has 0 aliphatic carbocycles. The number of hydrogen-bond donors (Lipinski definition) is 2. The second kappa shape index (κ2) is 5.68. The van der Waals surface area contributed by atoms with Gasteiger partial charge in [0.15, 0.2) is 5.78 Å². The zero-order valence-corrected chi connectivity index (χ0v) is 11.9. The summed E-state index contributed by atoms with van der Waals surface area (Å²) < 4.78 is 0.